The first-order valence-corrected chi connectivity index (χ1v) is 26.7. The number of ether oxygens (including phenoxy) is 1. The van der Waals surface area contributed by atoms with Gasteiger partial charge in [0.05, 0.1) is 25.2 Å². The van der Waals surface area contributed by atoms with Crippen LogP contribution in [0.1, 0.15) is 278 Å². The number of aliphatic hydroxyl groups excluding tert-OH is 2. The number of unbranched alkanes of at least 4 members (excludes halogenated alkanes) is 32. The molecule has 358 valence electrons. The fourth-order valence-electron chi connectivity index (χ4n) is 8.26. The zero-order valence-corrected chi connectivity index (χ0v) is 40.8. The zero-order chi connectivity index (χ0) is 44.5. The number of allylic oxidation sites excluding steroid dienone is 6. The molecule has 0 aliphatic rings. The number of hydrogen-bond donors (Lipinski definition) is 3. The Bertz CT molecular complexity index is 1010. The third kappa shape index (κ3) is 44.5. The first kappa shape index (κ1) is 59.1. The fraction of sp³-hybridized carbons (Fsp3) is 0.855. The summed E-state index contributed by atoms with van der Waals surface area (Å²) in [4.78, 5) is 26.1. The van der Waals surface area contributed by atoms with E-state index in [-0.39, 0.29) is 24.9 Å². The van der Waals surface area contributed by atoms with Crippen molar-refractivity contribution in [3.8, 4) is 0 Å². The van der Waals surface area contributed by atoms with E-state index in [2.05, 4.69) is 62.5 Å². The van der Waals surface area contributed by atoms with E-state index in [1.54, 1.807) is 0 Å². The molecule has 0 saturated carbocycles. The Hall–Kier alpha value is -1.92. The van der Waals surface area contributed by atoms with E-state index in [1.165, 1.54) is 154 Å². The molecular formula is C55H103NO5. The molecule has 0 saturated heterocycles. The second-order valence-corrected chi connectivity index (χ2v) is 18.3. The summed E-state index contributed by atoms with van der Waals surface area (Å²) in [6.45, 7) is 6.37. The number of esters is 1. The third-order valence-electron chi connectivity index (χ3n) is 12.3. The van der Waals surface area contributed by atoms with Gasteiger partial charge >= 0.3 is 5.97 Å². The Morgan fingerprint density at radius 3 is 1.33 bits per heavy atom. The van der Waals surface area contributed by atoms with E-state index >= 15 is 0 Å². The molecule has 0 spiro atoms. The molecule has 3 atom stereocenters. The van der Waals surface area contributed by atoms with Crippen LogP contribution >= 0.6 is 0 Å². The second-order valence-electron chi connectivity index (χ2n) is 18.3. The van der Waals surface area contributed by atoms with Gasteiger partial charge in [-0.15, -0.1) is 0 Å². The third-order valence-corrected chi connectivity index (χ3v) is 12.3. The van der Waals surface area contributed by atoms with Gasteiger partial charge in [0.2, 0.25) is 5.91 Å². The highest BCUT2D eigenvalue weighted by Crippen LogP contribution is 2.18. The highest BCUT2D eigenvalue weighted by atomic mass is 16.5. The first-order valence-electron chi connectivity index (χ1n) is 26.7. The maximum Gasteiger partial charge on any atom is 0.306 e. The number of rotatable bonds is 48. The Balaban J connectivity index is 4.52. The number of carbonyl (C=O) groups excluding carboxylic acids is 2. The van der Waals surface area contributed by atoms with Crippen molar-refractivity contribution in [3.63, 3.8) is 0 Å². The predicted octanol–water partition coefficient (Wildman–Crippen LogP) is 16.1. The molecule has 61 heavy (non-hydrogen) atoms. The van der Waals surface area contributed by atoms with E-state index in [1.807, 2.05) is 0 Å². The molecule has 3 unspecified atom stereocenters. The molecule has 0 heterocycles. The SMILES string of the molecule is CC/C=C/C=C/C=C/CCCCCCCC(CC(=O)NC(CO)C(O)CCCCCCCCCCCCCCCCCC)OC(=O)CCCCCCCCCCCCCCC. The fourth-order valence-corrected chi connectivity index (χ4v) is 8.26. The predicted molar refractivity (Wildman–Crippen MR) is 264 cm³/mol. The van der Waals surface area contributed by atoms with Crippen LogP contribution in [0.4, 0.5) is 0 Å². The van der Waals surface area contributed by atoms with Crippen molar-refractivity contribution >= 4 is 11.9 Å². The van der Waals surface area contributed by atoms with Crippen molar-refractivity contribution < 1.29 is 24.5 Å². The molecule has 0 rings (SSSR count). The van der Waals surface area contributed by atoms with Gasteiger partial charge in [0.1, 0.15) is 6.10 Å². The van der Waals surface area contributed by atoms with Gasteiger partial charge in [0.25, 0.3) is 0 Å². The van der Waals surface area contributed by atoms with Gasteiger partial charge < -0.3 is 20.3 Å². The van der Waals surface area contributed by atoms with Gasteiger partial charge in [-0.25, -0.2) is 0 Å². The monoisotopic (exact) mass is 858 g/mol. The van der Waals surface area contributed by atoms with E-state index in [9.17, 15) is 19.8 Å². The lowest BCUT2D eigenvalue weighted by Crippen LogP contribution is -2.46. The molecule has 0 aromatic heterocycles. The molecular weight excluding hydrogens is 755 g/mol. The summed E-state index contributed by atoms with van der Waals surface area (Å²) in [5.74, 6) is -0.482. The van der Waals surface area contributed by atoms with Gasteiger partial charge in [-0.1, -0.05) is 256 Å². The average Bonchev–Trinajstić information content (AvgIpc) is 3.25. The number of aliphatic hydroxyl groups is 2. The van der Waals surface area contributed by atoms with Crippen molar-refractivity contribution in [3.05, 3.63) is 36.5 Å². The Kier molecular flexibility index (Phi) is 47.6. The lowest BCUT2D eigenvalue weighted by molar-refractivity contribution is -0.151. The number of hydrogen-bond acceptors (Lipinski definition) is 5. The summed E-state index contributed by atoms with van der Waals surface area (Å²) in [5.41, 5.74) is 0. The number of carbonyl (C=O) groups is 2. The van der Waals surface area contributed by atoms with E-state index in [0.717, 1.165) is 77.0 Å². The highest BCUT2D eigenvalue weighted by Gasteiger charge is 2.24. The van der Waals surface area contributed by atoms with Crippen molar-refractivity contribution in [1.29, 1.82) is 0 Å². The maximum atomic E-state index is 13.2. The zero-order valence-electron chi connectivity index (χ0n) is 40.8. The quantitative estimate of drug-likeness (QED) is 0.0322. The van der Waals surface area contributed by atoms with Crippen molar-refractivity contribution in [2.24, 2.45) is 0 Å². The smallest absolute Gasteiger partial charge is 0.306 e. The van der Waals surface area contributed by atoms with E-state index in [4.69, 9.17) is 4.74 Å². The van der Waals surface area contributed by atoms with Crippen LogP contribution in [0.25, 0.3) is 0 Å². The average molecular weight is 858 g/mol. The van der Waals surface area contributed by atoms with Gasteiger partial charge in [-0.3, -0.25) is 9.59 Å². The molecule has 0 radical (unpaired) electrons. The van der Waals surface area contributed by atoms with Crippen LogP contribution in [0.2, 0.25) is 0 Å². The van der Waals surface area contributed by atoms with Crippen LogP contribution in [0, 0.1) is 0 Å². The van der Waals surface area contributed by atoms with Crippen molar-refractivity contribution in [2.75, 3.05) is 6.61 Å². The number of amides is 1. The molecule has 0 aliphatic carbocycles. The lowest BCUT2D eigenvalue weighted by Gasteiger charge is -2.24. The van der Waals surface area contributed by atoms with Crippen LogP contribution in [0.3, 0.4) is 0 Å². The lowest BCUT2D eigenvalue weighted by atomic mass is 10.0. The largest absolute Gasteiger partial charge is 0.462 e. The summed E-state index contributed by atoms with van der Waals surface area (Å²) in [5, 5.41) is 23.8. The van der Waals surface area contributed by atoms with Crippen LogP contribution in [0.15, 0.2) is 36.5 Å². The molecule has 0 bridgehead atoms. The molecule has 3 N–H and O–H groups in total. The summed E-state index contributed by atoms with van der Waals surface area (Å²) < 4.78 is 5.93. The number of nitrogens with one attached hydrogen (secondary N) is 1. The van der Waals surface area contributed by atoms with Crippen LogP contribution in [-0.4, -0.2) is 46.9 Å². The van der Waals surface area contributed by atoms with Crippen LogP contribution < -0.4 is 5.32 Å². The summed E-state index contributed by atoms with van der Waals surface area (Å²) >= 11 is 0. The Morgan fingerprint density at radius 2 is 0.885 bits per heavy atom. The minimum atomic E-state index is -0.791. The van der Waals surface area contributed by atoms with Crippen molar-refractivity contribution in [1.82, 2.24) is 5.32 Å². The van der Waals surface area contributed by atoms with E-state index in [0.29, 0.717) is 19.3 Å². The normalized spacial score (nSPS) is 13.5. The first-order chi connectivity index (χ1) is 30.0. The van der Waals surface area contributed by atoms with Crippen molar-refractivity contribution in [2.45, 2.75) is 296 Å². The minimum Gasteiger partial charge on any atom is -0.462 e. The molecule has 0 aliphatic heterocycles. The molecule has 6 nitrogen and oxygen atoms in total. The van der Waals surface area contributed by atoms with Gasteiger partial charge in [-0.05, 0) is 44.9 Å². The Morgan fingerprint density at radius 1 is 0.492 bits per heavy atom. The van der Waals surface area contributed by atoms with Crippen LogP contribution in [0.5, 0.6) is 0 Å². The second kappa shape index (κ2) is 49.1. The van der Waals surface area contributed by atoms with Crippen LogP contribution in [-0.2, 0) is 14.3 Å². The standard InChI is InChI=1S/C55H103NO5/c1-4-7-10-13-16-19-22-25-26-27-30-32-35-38-41-44-47-53(58)52(50-57)56-54(59)49-51(46-43-40-37-34-31-28-23-20-17-14-11-8-5-2)61-55(60)48-45-42-39-36-33-29-24-21-18-15-12-9-6-3/h8,11,14,17,20,23,51-53,57-58H,4-7,9-10,12-13,15-16,18-19,21-22,24-50H2,1-3H3,(H,56,59)/b11-8+,17-14+,23-20+. The highest BCUT2D eigenvalue weighted by molar-refractivity contribution is 5.77. The van der Waals surface area contributed by atoms with Gasteiger partial charge in [0.15, 0.2) is 0 Å². The molecule has 0 aromatic rings. The molecule has 0 aromatic carbocycles. The van der Waals surface area contributed by atoms with Gasteiger partial charge in [-0.2, -0.15) is 0 Å². The molecule has 1 amide bonds. The van der Waals surface area contributed by atoms with E-state index < -0.39 is 18.2 Å². The van der Waals surface area contributed by atoms with Gasteiger partial charge in [0, 0.05) is 6.42 Å². The molecule has 0 fully saturated rings. The Labute approximate surface area is 379 Å². The summed E-state index contributed by atoms with van der Waals surface area (Å²) in [7, 11) is 0. The maximum absolute atomic E-state index is 13.2. The minimum absolute atomic E-state index is 0.0678. The molecule has 6 heteroatoms. The topological polar surface area (TPSA) is 95.9 Å². The summed E-state index contributed by atoms with van der Waals surface area (Å²) in [6, 6.07) is -0.705. The summed E-state index contributed by atoms with van der Waals surface area (Å²) in [6.07, 6.45) is 57.8.